The van der Waals surface area contributed by atoms with Crippen LogP contribution in [0.1, 0.15) is 46.6 Å². The third-order valence-electron chi connectivity index (χ3n) is 3.23. The lowest BCUT2D eigenvalue weighted by atomic mass is 10.1. The van der Waals surface area contributed by atoms with Gasteiger partial charge in [0.25, 0.3) is 0 Å². The van der Waals surface area contributed by atoms with E-state index in [1.165, 1.54) is 6.92 Å². The smallest absolute Gasteiger partial charge is 0.207 e. The molecule has 0 fully saturated rings. The highest BCUT2D eigenvalue weighted by molar-refractivity contribution is 5.78. The van der Waals surface area contributed by atoms with Gasteiger partial charge in [-0.1, -0.05) is 12.1 Å². The number of hydrogen-bond donors (Lipinski definition) is 0. The van der Waals surface area contributed by atoms with Crippen LogP contribution in [0.3, 0.4) is 0 Å². The number of hydrogen-bond acceptors (Lipinski definition) is 4. The summed E-state index contributed by atoms with van der Waals surface area (Å²) in [5, 5.41) is 3.73. The van der Waals surface area contributed by atoms with Crippen LogP contribution < -0.4 is 9.47 Å². The largest absolute Gasteiger partial charge is 0.487 e. The molecule has 0 saturated heterocycles. The minimum Gasteiger partial charge on any atom is -0.487 e. The van der Waals surface area contributed by atoms with Crippen molar-refractivity contribution >= 4 is 5.71 Å². The first-order chi connectivity index (χ1) is 11.2. The Morgan fingerprint density at radius 2 is 1.58 bits per heavy atom. The molecule has 0 aliphatic heterocycles. The Morgan fingerprint density at radius 1 is 1.00 bits per heavy atom. The Hall–Kier alpha value is -1.92. The minimum atomic E-state index is -1.42. The van der Waals surface area contributed by atoms with Gasteiger partial charge in [0.05, 0.1) is 11.8 Å². The predicted octanol–water partition coefficient (Wildman–Crippen LogP) is 4.77. The maximum atomic E-state index is 14.3. The molecule has 1 aromatic rings. The van der Waals surface area contributed by atoms with Gasteiger partial charge in [-0.15, -0.1) is 0 Å². The van der Waals surface area contributed by atoms with Gasteiger partial charge in [-0.2, -0.15) is 8.78 Å². The van der Waals surface area contributed by atoms with E-state index in [1.54, 1.807) is 27.7 Å². The molecule has 4 nitrogen and oxygen atoms in total. The van der Waals surface area contributed by atoms with Gasteiger partial charge in [0, 0.05) is 5.56 Å². The molecule has 2 atom stereocenters. The van der Waals surface area contributed by atoms with E-state index < -0.39 is 35.1 Å². The third-order valence-corrected chi connectivity index (χ3v) is 3.23. The monoisotopic (exact) mass is 347 g/mol. The molecule has 0 aromatic heterocycles. The zero-order valence-corrected chi connectivity index (χ0v) is 14.9. The Kier molecular flexibility index (Phi) is 7.38. The first-order valence-corrected chi connectivity index (χ1v) is 7.82. The van der Waals surface area contributed by atoms with Crippen LogP contribution in [0, 0.1) is 24.4 Å². The first-order valence-electron chi connectivity index (χ1n) is 7.82. The van der Waals surface area contributed by atoms with Crippen LogP contribution in [0.4, 0.5) is 13.2 Å². The van der Waals surface area contributed by atoms with Gasteiger partial charge in [-0.05, 0) is 41.0 Å². The van der Waals surface area contributed by atoms with Crippen LogP contribution in [0.5, 0.6) is 11.5 Å². The summed E-state index contributed by atoms with van der Waals surface area (Å²) < 4.78 is 53.0. The molecule has 7 heteroatoms. The second-order valence-corrected chi connectivity index (χ2v) is 5.83. The van der Waals surface area contributed by atoms with Crippen LogP contribution in [0.25, 0.3) is 0 Å². The second-order valence-electron chi connectivity index (χ2n) is 5.83. The molecule has 0 aliphatic carbocycles. The maximum Gasteiger partial charge on any atom is 0.207 e. The second kappa shape index (κ2) is 8.80. The normalized spacial score (nSPS) is 13.2. The van der Waals surface area contributed by atoms with Crippen molar-refractivity contribution in [2.24, 2.45) is 5.16 Å². The molecule has 0 spiro atoms. The average molecular weight is 347 g/mol. The Balaban J connectivity index is 2.99. The fourth-order valence-corrected chi connectivity index (χ4v) is 1.71. The first kappa shape index (κ1) is 20.1. The Labute approximate surface area is 140 Å². The van der Waals surface area contributed by atoms with Gasteiger partial charge in [0.15, 0.2) is 23.4 Å². The molecule has 1 rings (SSSR count). The molecule has 24 heavy (non-hydrogen) atoms. The zero-order valence-electron chi connectivity index (χ0n) is 14.9. The molecule has 0 radical (unpaired) electrons. The number of ether oxygens (including phenoxy) is 2. The summed E-state index contributed by atoms with van der Waals surface area (Å²) in [5.41, 5.74) is 0.549. The lowest BCUT2D eigenvalue weighted by molar-refractivity contribution is 0.0339. The Morgan fingerprint density at radius 3 is 2.12 bits per heavy atom. The fourth-order valence-electron chi connectivity index (χ4n) is 1.71. The lowest BCUT2D eigenvalue weighted by Gasteiger charge is -2.19. The van der Waals surface area contributed by atoms with E-state index in [-0.39, 0.29) is 18.3 Å². The quantitative estimate of drug-likeness (QED) is 0.386. The van der Waals surface area contributed by atoms with Crippen molar-refractivity contribution in [3.63, 3.8) is 0 Å². The van der Waals surface area contributed by atoms with Gasteiger partial charge in [0.2, 0.25) is 11.6 Å². The Bertz CT molecular complexity index is 572. The summed E-state index contributed by atoms with van der Waals surface area (Å²) in [6.45, 7) is 9.73. The molecule has 0 bridgehead atoms. The summed E-state index contributed by atoms with van der Waals surface area (Å²) in [4.78, 5) is 5.06. The fraction of sp³-hybridized carbons (Fsp3) is 0.588. The van der Waals surface area contributed by atoms with Crippen molar-refractivity contribution in [1.82, 2.24) is 0 Å². The van der Waals surface area contributed by atoms with Crippen LogP contribution in [-0.4, -0.2) is 24.5 Å². The highest BCUT2D eigenvalue weighted by atomic mass is 19.2. The SMILES string of the molecule is CCC(C)Oc1c(C)c(F)c(OCC(C)ON=C(C)C)c(F)c1F. The summed E-state index contributed by atoms with van der Waals surface area (Å²) in [6.07, 6.45) is -0.350. The molecule has 0 saturated carbocycles. The molecule has 0 aliphatic rings. The maximum absolute atomic E-state index is 14.3. The van der Waals surface area contributed by atoms with Crippen molar-refractivity contribution < 1.29 is 27.5 Å². The molecule has 136 valence electrons. The van der Waals surface area contributed by atoms with E-state index in [4.69, 9.17) is 14.3 Å². The van der Waals surface area contributed by atoms with Crippen LogP contribution >= 0.6 is 0 Å². The number of rotatable bonds is 8. The van der Waals surface area contributed by atoms with E-state index in [9.17, 15) is 13.2 Å². The van der Waals surface area contributed by atoms with Crippen LogP contribution in [-0.2, 0) is 4.84 Å². The number of halogens is 3. The van der Waals surface area contributed by atoms with E-state index in [0.717, 1.165) is 0 Å². The van der Waals surface area contributed by atoms with Crippen molar-refractivity contribution in [2.45, 2.75) is 60.2 Å². The summed E-state index contributed by atoms with van der Waals surface area (Å²) in [7, 11) is 0. The van der Waals surface area contributed by atoms with Gasteiger partial charge in [0.1, 0.15) is 6.61 Å². The van der Waals surface area contributed by atoms with E-state index in [2.05, 4.69) is 5.16 Å². The predicted molar refractivity (Wildman–Crippen MR) is 86.3 cm³/mol. The third kappa shape index (κ3) is 5.04. The molecular weight excluding hydrogens is 323 g/mol. The van der Waals surface area contributed by atoms with Crippen LogP contribution in [0.2, 0.25) is 0 Å². The number of benzene rings is 1. The highest BCUT2D eigenvalue weighted by Crippen LogP contribution is 2.36. The molecule has 0 N–H and O–H groups in total. The molecule has 2 unspecified atom stereocenters. The molecule has 1 aromatic carbocycles. The standard InChI is InChI=1S/C17H24F3NO3/c1-7-10(4)23-16-12(6)13(18)17(15(20)14(16)19)22-8-11(5)24-21-9(2)3/h10-11H,7-8H2,1-6H3. The van der Waals surface area contributed by atoms with Gasteiger partial charge < -0.3 is 14.3 Å². The minimum absolute atomic E-state index is 0.139. The van der Waals surface area contributed by atoms with Gasteiger partial charge in [-0.3, -0.25) is 0 Å². The highest BCUT2D eigenvalue weighted by Gasteiger charge is 2.26. The molecular formula is C17H24F3NO3. The summed E-state index contributed by atoms with van der Waals surface area (Å²) in [6, 6.07) is 0. The number of oxime groups is 1. The van der Waals surface area contributed by atoms with Crippen molar-refractivity contribution in [2.75, 3.05) is 6.61 Å². The van der Waals surface area contributed by atoms with Gasteiger partial charge >= 0.3 is 0 Å². The lowest BCUT2D eigenvalue weighted by Crippen LogP contribution is -2.19. The number of nitrogens with zero attached hydrogens (tertiary/aromatic N) is 1. The van der Waals surface area contributed by atoms with E-state index in [0.29, 0.717) is 12.1 Å². The van der Waals surface area contributed by atoms with E-state index in [1.807, 2.05) is 6.92 Å². The van der Waals surface area contributed by atoms with Crippen molar-refractivity contribution in [1.29, 1.82) is 0 Å². The van der Waals surface area contributed by atoms with Crippen molar-refractivity contribution in [3.05, 3.63) is 23.0 Å². The zero-order chi connectivity index (χ0) is 18.4. The molecule has 0 amide bonds. The summed E-state index contributed by atoms with van der Waals surface area (Å²) in [5.74, 6) is -4.88. The van der Waals surface area contributed by atoms with E-state index >= 15 is 0 Å². The van der Waals surface area contributed by atoms with Gasteiger partial charge in [-0.25, -0.2) is 4.39 Å². The summed E-state index contributed by atoms with van der Waals surface area (Å²) >= 11 is 0. The average Bonchev–Trinajstić information content (AvgIpc) is 2.54. The van der Waals surface area contributed by atoms with Crippen LogP contribution in [0.15, 0.2) is 5.16 Å². The molecule has 0 heterocycles. The van der Waals surface area contributed by atoms with Crippen molar-refractivity contribution in [3.8, 4) is 11.5 Å². The topological polar surface area (TPSA) is 40.0 Å².